The third kappa shape index (κ3) is 7.04. The van der Waals surface area contributed by atoms with Gasteiger partial charge in [-0.3, -0.25) is 9.69 Å². The Balaban J connectivity index is 1.95. The van der Waals surface area contributed by atoms with Crippen molar-refractivity contribution in [3.63, 3.8) is 0 Å². The minimum Gasteiger partial charge on any atom is -0.372 e. The highest BCUT2D eigenvalue weighted by molar-refractivity contribution is 5.73. The van der Waals surface area contributed by atoms with Crippen molar-refractivity contribution in [1.29, 1.82) is 0 Å². The Hall–Kier alpha value is -2.59. The van der Waals surface area contributed by atoms with Crippen LogP contribution in [-0.2, 0) is 27.4 Å². The molecule has 2 aromatic carbocycles. The fraction of sp³-hybridized carbons (Fsp3) is 0.519. The molecule has 0 aliphatic carbocycles. The van der Waals surface area contributed by atoms with Crippen LogP contribution in [0.5, 0.6) is 0 Å². The second-order valence-electron chi connectivity index (χ2n) is 9.57. The Morgan fingerprint density at radius 2 is 1.68 bits per heavy atom. The second kappa shape index (κ2) is 11.4. The molecule has 0 unspecified atom stereocenters. The van der Waals surface area contributed by atoms with E-state index in [1.165, 1.54) is 13.8 Å². The summed E-state index contributed by atoms with van der Waals surface area (Å²) in [5.41, 5.74) is -2.64. The molecule has 0 radical (unpaired) electrons. The van der Waals surface area contributed by atoms with Crippen molar-refractivity contribution in [3.8, 4) is 0 Å². The van der Waals surface area contributed by atoms with Gasteiger partial charge in [-0.25, -0.2) is 0 Å². The lowest BCUT2D eigenvalue weighted by Crippen LogP contribution is -2.59. The topological polar surface area (TPSA) is 41.6 Å². The zero-order chi connectivity index (χ0) is 27.4. The molecule has 0 saturated carbocycles. The van der Waals surface area contributed by atoms with Gasteiger partial charge in [-0.05, 0) is 62.1 Å². The predicted molar refractivity (Wildman–Crippen MR) is 128 cm³/mol. The number of hydrogen-bond donors (Lipinski definition) is 1. The number of alkyl halides is 6. The lowest BCUT2D eigenvalue weighted by Gasteiger charge is -2.50. The molecule has 1 aliphatic rings. The molecule has 1 saturated heterocycles. The molecule has 37 heavy (non-hydrogen) atoms. The Labute approximate surface area is 213 Å². The summed E-state index contributed by atoms with van der Waals surface area (Å²) in [7, 11) is 0. The SMILES string of the molecule is CCCN1C[C@@H](NC(C)=O)CC[C@@]1(CO[C@H](C)c1cc(C(F)(F)F)cc(C(F)(F)F)c1)c1ccccc1. The number of hydrogen-bond acceptors (Lipinski definition) is 3. The highest BCUT2D eigenvalue weighted by Gasteiger charge is 2.44. The summed E-state index contributed by atoms with van der Waals surface area (Å²) < 4.78 is 86.4. The Kier molecular flexibility index (Phi) is 8.95. The molecule has 1 aliphatic heterocycles. The summed E-state index contributed by atoms with van der Waals surface area (Å²) >= 11 is 0. The van der Waals surface area contributed by atoms with E-state index in [0.29, 0.717) is 38.1 Å². The normalized spacial score (nSPS) is 22.0. The van der Waals surface area contributed by atoms with Gasteiger partial charge >= 0.3 is 12.4 Å². The lowest BCUT2D eigenvalue weighted by atomic mass is 9.79. The van der Waals surface area contributed by atoms with Crippen molar-refractivity contribution in [2.45, 2.75) is 70.1 Å². The number of carbonyl (C=O) groups excluding carboxylic acids is 1. The molecule has 3 atom stereocenters. The van der Waals surface area contributed by atoms with Crippen LogP contribution in [0.15, 0.2) is 48.5 Å². The van der Waals surface area contributed by atoms with E-state index < -0.39 is 35.1 Å². The van der Waals surface area contributed by atoms with Gasteiger partial charge < -0.3 is 10.1 Å². The van der Waals surface area contributed by atoms with Crippen LogP contribution in [0.4, 0.5) is 26.3 Å². The molecule has 10 heteroatoms. The fourth-order valence-corrected chi connectivity index (χ4v) is 4.98. The molecular weight excluding hydrogens is 498 g/mol. The molecule has 0 bridgehead atoms. The first kappa shape index (κ1) is 29.0. The first-order chi connectivity index (χ1) is 17.3. The lowest BCUT2D eigenvalue weighted by molar-refractivity contribution is -0.143. The van der Waals surface area contributed by atoms with Crippen molar-refractivity contribution in [2.75, 3.05) is 19.7 Å². The summed E-state index contributed by atoms with van der Waals surface area (Å²) in [4.78, 5) is 13.9. The zero-order valence-corrected chi connectivity index (χ0v) is 21.0. The average Bonchev–Trinajstić information content (AvgIpc) is 2.82. The third-order valence-corrected chi connectivity index (χ3v) is 6.82. The van der Waals surface area contributed by atoms with Crippen molar-refractivity contribution < 1.29 is 35.9 Å². The van der Waals surface area contributed by atoms with Gasteiger partial charge in [-0.15, -0.1) is 0 Å². The minimum atomic E-state index is -4.93. The van der Waals surface area contributed by atoms with E-state index >= 15 is 0 Å². The molecule has 1 heterocycles. The molecule has 1 fully saturated rings. The highest BCUT2D eigenvalue weighted by atomic mass is 19.4. The number of nitrogens with zero attached hydrogens (tertiary/aromatic N) is 1. The molecule has 3 rings (SSSR count). The maximum atomic E-state index is 13.4. The van der Waals surface area contributed by atoms with E-state index in [1.807, 2.05) is 37.3 Å². The summed E-state index contributed by atoms with van der Waals surface area (Å²) in [5, 5.41) is 2.96. The van der Waals surface area contributed by atoms with Gasteiger partial charge in [0.15, 0.2) is 0 Å². The number of likely N-dealkylation sites (tertiary alicyclic amines) is 1. The number of nitrogens with one attached hydrogen (secondary N) is 1. The first-order valence-corrected chi connectivity index (χ1v) is 12.2. The molecule has 0 spiro atoms. The fourth-order valence-electron chi connectivity index (χ4n) is 4.98. The number of rotatable bonds is 8. The number of benzene rings is 2. The Morgan fingerprint density at radius 3 is 2.19 bits per heavy atom. The largest absolute Gasteiger partial charge is 0.416 e. The van der Waals surface area contributed by atoms with Gasteiger partial charge in [0.25, 0.3) is 0 Å². The van der Waals surface area contributed by atoms with Gasteiger partial charge in [0.2, 0.25) is 5.91 Å². The molecule has 4 nitrogen and oxygen atoms in total. The second-order valence-corrected chi connectivity index (χ2v) is 9.57. The standard InChI is InChI=1S/C27H32F6N2O2/c1-4-12-35-16-24(34-19(3)36)10-11-25(35,21-8-6-5-7-9-21)17-37-18(2)20-13-22(26(28,29)30)15-23(14-20)27(31,32)33/h5-9,13-15,18,24H,4,10-12,16-17H2,1-3H3,(H,34,36)/t18-,24+,25-/m1/s1. The number of ether oxygens (including phenoxy) is 1. The van der Waals surface area contributed by atoms with E-state index in [2.05, 4.69) is 10.2 Å². The monoisotopic (exact) mass is 530 g/mol. The van der Waals surface area contributed by atoms with Crippen LogP contribution >= 0.6 is 0 Å². The van der Waals surface area contributed by atoms with E-state index in [4.69, 9.17) is 4.74 Å². The average molecular weight is 531 g/mol. The van der Waals surface area contributed by atoms with Gasteiger partial charge in [0.1, 0.15) is 0 Å². The molecule has 204 valence electrons. The van der Waals surface area contributed by atoms with Crippen molar-refractivity contribution in [2.24, 2.45) is 0 Å². The van der Waals surface area contributed by atoms with Crippen molar-refractivity contribution in [3.05, 3.63) is 70.8 Å². The van der Waals surface area contributed by atoms with E-state index in [0.717, 1.165) is 12.0 Å². The number of halogens is 6. The van der Waals surface area contributed by atoms with Gasteiger partial charge in [-0.1, -0.05) is 37.3 Å². The first-order valence-electron chi connectivity index (χ1n) is 12.2. The van der Waals surface area contributed by atoms with Crippen LogP contribution in [0, 0.1) is 0 Å². The van der Waals surface area contributed by atoms with Crippen LogP contribution < -0.4 is 5.32 Å². The van der Waals surface area contributed by atoms with E-state index in [-0.39, 0.29) is 30.2 Å². The quantitative estimate of drug-likeness (QED) is 0.386. The van der Waals surface area contributed by atoms with Crippen LogP contribution in [0.25, 0.3) is 0 Å². The van der Waals surface area contributed by atoms with E-state index in [9.17, 15) is 31.1 Å². The van der Waals surface area contributed by atoms with Gasteiger partial charge in [-0.2, -0.15) is 26.3 Å². The van der Waals surface area contributed by atoms with Crippen molar-refractivity contribution in [1.82, 2.24) is 10.2 Å². The highest BCUT2D eigenvalue weighted by Crippen LogP contribution is 2.41. The molecular formula is C27H32F6N2O2. The summed E-state index contributed by atoms with van der Waals surface area (Å²) in [6, 6.07) is 11.0. The van der Waals surface area contributed by atoms with Crippen LogP contribution in [0.1, 0.15) is 68.4 Å². The predicted octanol–water partition coefficient (Wildman–Crippen LogP) is 6.71. The van der Waals surface area contributed by atoms with E-state index in [1.54, 1.807) is 0 Å². The smallest absolute Gasteiger partial charge is 0.372 e. The summed E-state index contributed by atoms with van der Waals surface area (Å²) in [5.74, 6) is -0.136. The van der Waals surface area contributed by atoms with Crippen LogP contribution in [-0.4, -0.2) is 36.5 Å². The number of piperidine rings is 1. The van der Waals surface area contributed by atoms with Crippen molar-refractivity contribution >= 4 is 5.91 Å². The Morgan fingerprint density at radius 1 is 1.08 bits per heavy atom. The molecule has 2 aromatic rings. The molecule has 0 aromatic heterocycles. The number of amides is 1. The zero-order valence-electron chi connectivity index (χ0n) is 21.0. The molecule has 1 amide bonds. The maximum Gasteiger partial charge on any atom is 0.416 e. The van der Waals surface area contributed by atoms with Gasteiger partial charge in [0, 0.05) is 19.5 Å². The molecule has 1 N–H and O–H groups in total. The maximum absolute atomic E-state index is 13.4. The number of carbonyl (C=O) groups is 1. The Bertz CT molecular complexity index is 1020. The summed E-state index contributed by atoms with van der Waals surface area (Å²) in [6.45, 7) is 6.21. The minimum absolute atomic E-state index is 0.0581. The van der Waals surface area contributed by atoms with Gasteiger partial charge in [0.05, 0.1) is 29.4 Å². The summed E-state index contributed by atoms with van der Waals surface area (Å²) in [6.07, 6.45) is -8.85. The third-order valence-electron chi connectivity index (χ3n) is 6.82. The van der Waals surface area contributed by atoms with Crippen LogP contribution in [0.3, 0.4) is 0 Å². The van der Waals surface area contributed by atoms with Crippen LogP contribution in [0.2, 0.25) is 0 Å².